The van der Waals surface area contributed by atoms with E-state index in [1.165, 1.54) is 17.5 Å². The highest BCUT2D eigenvalue weighted by molar-refractivity contribution is 9.10. The fraction of sp³-hybridized carbons (Fsp3) is 0.0500. The van der Waals surface area contributed by atoms with Gasteiger partial charge in [-0.3, -0.25) is 4.79 Å². The number of nitrogens with one attached hydrogen (secondary N) is 1. The number of rotatable bonds is 4. The molecule has 0 aliphatic carbocycles. The van der Waals surface area contributed by atoms with Crippen molar-refractivity contribution in [1.29, 1.82) is 0 Å². The van der Waals surface area contributed by atoms with Gasteiger partial charge in [0, 0.05) is 33.7 Å². The molecule has 0 aliphatic rings. The standard InChI is InChI=1S/C20H11BrClF3N4OS/c21-13-6-8-31-17(13)19(30)27-15-4-2-1-3-12(15)11-9-14(22)18(26-10-11)29-7-5-16(28-29)20(23,24)25/h1-10H,(H,27,30). The third-order valence-electron chi connectivity index (χ3n) is 4.23. The second-order valence-electron chi connectivity index (χ2n) is 6.27. The first-order valence-electron chi connectivity index (χ1n) is 8.66. The number of carbonyl (C=O) groups excluding carboxylic acids is 1. The first kappa shape index (κ1) is 21.5. The third-order valence-corrected chi connectivity index (χ3v) is 6.34. The Kier molecular flexibility index (Phi) is 5.87. The number of para-hydroxylation sites is 1. The highest BCUT2D eigenvalue weighted by Crippen LogP contribution is 2.33. The van der Waals surface area contributed by atoms with Crippen LogP contribution in [0.3, 0.4) is 0 Å². The second kappa shape index (κ2) is 8.45. The zero-order chi connectivity index (χ0) is 22.2. The molecule has 31 heavy (non-hydrogen) atoms. The van der Waals surface area contributed by atoms with E-state index in [0.29, 0.717) is 26.2 Å². The number of alkyl halides is 3. The molecule has 1 aromatic carbocycles. The van der Waals surface area contributed by atoms with E-state index in [2.05, 4.69) is 31.3 Å². The summed E-state index contributed by atoms with van der Waals surface area (Å²) in [6.45, 7) is 0. The molecule has 1 amide bonds. The Morgan fingerprint density at radius 3 is 2.61 bits per heavy atom. The van der Waals surface area contributed by atoms with Gasteiger partial charge in [-0.1, -0.05) is 29.8 Å². The molecule has 3 aromatic heterocycles. The SMILES string of the molecule is O=C(Nc1ccccc1-c1cnc(-n2ccc(C(F)(F)F)n2)c(Cl)c1)c1sccc1Br. The van der Waals surface area contributed by atoms with Crippen molar-refractivity contribution < 1.29 is 18.0 Å². The van der Waals surface area contributed by atoms with E-state index in [4.69, 9.17) is 11.6 Å². The lowest BCUT2D eigenvalue weighted by molar-refractivity contribution is -0.141. The number of anilines is 1. The van der Waals surface area contributed by atoms with Crippen LogP contribution in [0.5, 0.6) is 0 Å². The molecular weight excluding hydrogens is 517 g/mol. The number of carbonyl (C=O) groups is 1. The number of hydrogen-bond acceptors (Lipinski definition) is 4. The molecule has 0 bridgehead atoms. The van der Waals surface area contributed by atoms with Crippen molar-refractivity contribution in [2.75, 3.05) is 5.32 Å². The summed E-state index contributed by atoms with van der Waals surface area (Å²) in [5, 5.41) is 8.27. The van der Waals surface area contributed by atoms with Crippen LogP contribution in [0, 0.1) is 0 Å². The monoisotopic (exact) mass is 526 g/mol. The van der Waals surface area contributed by atoms with Crippen LogP contribution in [-0.2, 0) is 6.18 Å². The largest absolute Gasteiger partial charge is 0.435 e. The minimum atomic E-state index is -4.56. The predicted octanol–water partition coefficient (Wildman–Crippen LogP) is 6.68. The maximum Gasteiger partial charge on any atom is 0.435 e. The van der Waals surface area contributed by atoms with Gasteiger partial charge in [-0.15, -0.1) is 11.3 Å². The number of amides is 1. The summed E-state index contributed by atoms with van der Waals surface area (Å²) in [7, 11) is 0. The molecule has 0 spiro atoms. The van der Waals surface area contributed by atoms with Crippen LogP contribution in [0.4, 0.5) is 18.9 Å². The fourth-order valence-corrected chi connectivity index (χ4v) is 4.52. The van der Waals surface area contributed by atoms with Crippen LogP contribution in [-0.4, -0.2) is 20.7 Å². The van der Waals surface area contributed by atoms with Gasteiger partial charge in [-0.05, 0) is 45.6 Å². The molecule has 4 rings (SSSR count). The summed E-state index contributed by atoms with van der Waals surface area (Å²) in [5.74, 6) is -0.217. The van der Waals surface area contributed by atoms with Gasteiger partial charge in [0.05, 0.1) is 5.02 Å². The maximum absolute atomic E-state index is 12.8. The van der Waals surface area contributed by atoms with Crippen molar-refractivity contribution >= 4 is 50.5 Å². The van der Waals surface area contributed by atoms with E-state index in [0.717, 1.165) is 16.9 Å². The second-order valence-corrected chi connectivity index (χ2v) is 8.45. The molecule has 0 radical (unpaired) electrons. The Morgan fingerprint density at radius 1 is 1.19 bits per heavy atom. The zero-order valence-electron chi connectivity index (χ0n) is 15.3. The minimum absolute atomic E-state index is 0.0601. The van der Waals surface area contributed by atoms with Crippen LogP contribution in [0.15, 0.2) is 64.7 Å². The summed E-state index contributed by atoms with van der Waals surface area (Å²) in [5.41, 5.74) is 0.734. The van der Waals surface area contributed by atoms with Crippen LogP contribution in [0.2, 0.25) is 5.02 Å². The smallest absolute Gasteiger partial charge is 0.321 e. The van der Waals surface area contributed by atoms with Crippen molar-refractivity contribution in [3.8, 4) is 16.9 Å². The highest BCUT2D eigenvalue weighted by atomic mass is 79.9. The van der Waals surface area contributed by atoms with E-state index in [9.17, 15) is 18.0 Å². The number of hydrogen-bond donors (Lipinski definition) is 1. The molecule has 0 fully saturated rings. The normalized spacial score (nSPS) is 11.5. The number of aromatic nitrogens is 3. The van der Waals surface area contributed by atoms with Crippen LogP contribution >= 0.6 is 38.9 Å². The molecular formula is C20H11BrClF3N4OS. The van der Waals surface area contributed by atoms with Gasteiger partial charge >= 0.3 is 6.18 Å². The van der Waals surface area contributed by atoms with E-state index in [1.807, 2.05) is 0 Å². The Balaban J connectivity index is 1.65. The van der Waals surface area contributed by atoms with Gasteiger partial charge < -0.3 is 5.32 Å². The highest BCUT2D eigenvalue weighted by Gasteiger charge is 2.33. The van der Waals surface area contributed by atoms with Gasteiger partial charge in [0.1, 0.15) is 4.88 Å². The molecule has 0 saturated carbocycles. The number of halogens is 5. The van der Waals surface area contributed by atoms with Gasteiger partial charge in [0.15, 0.2) is 11.5 Å². The van der Waals surface area contributed by atoms with Gasteiger partial charge in [0.2, 0.25) is 0 Å². The topological polar surface area (TPSA) is 59.8 Å². The lowest BCUT2D eigenvalue weighted by Gasteiger charge is -2.12. The van der Waals surface area contributed by atoms with Crippen LogP contribution in [0.1, 0.15) is 15.4 Å². The maximum atomic E-state index is 12.8. The first-order valence-corrected chi connectivity index (χ1v) is 10.7. The summed E-state index contributed by atoms with van der Waals surface area (Å²) in [6, 6.07) is 11.3. The molecule has 158 valence electrons. The summed E-state index contributed by atoms with van der Waals surface area (Å²) in [6.07, 6.45) is -1.96. The van der Waals surface area contributed by atoms with Gasteiger partial charge in [0.25, 0.3) is 5.91 Å². The molecule has 0 unspecified atom stereocenters. The molecule has 11 heteroatoms. The molecule has 0 atom stereocenters. The molecule has 0 saturated heterocycles. The van der Waals surface area contributed by atoms with Crippen molar-refractivity contribution in [1.82, 2.24) is 14.8 Å². The molecule has 1 N–H and O–H groups in total. The average molecular weight is 528 g/mol. The average Bonchev–Trinajstić information content (AvgIpc) is 3.37. The Morgan fingerprint density at radius 2 is 1.97 bits per heavy atom. The van der Waals surface area contributed by atoms with Crippen molar-refractivity contribution in [2.45, 2.75) is 6.18 Å². The third kappa shape index (κ3) is 4.51. The molecule has 5 nitrogen and oxygen atoms in total. The number of thiophene rings is 1. The lowest BCUT2D eigenvalue weighted by Crippen LogP contribution is -2.11. The first-order chi connectivity index (χ1) is 14.7. The van der Waals surface area contributed by atoms with E-state index < -0.39 is 11.9 Å². The predicted molar refractivity (Wildman–Crippen MR) is 117 cm³/mol. The summed E-state index contributed by atoms with van der Waals surface area (Å²) in [4.78, 5) is 17.3. The Hall–Kier alpha value is -2.69. The van der Waals surface area contributed by atoms with Crippen molar-refractivity contribution in [3.63, 3.8) is 0 Å². The van der Waals surface area contributed by atoms with Gasteiger partial charge in [-0.25, -0.2) is 9.67 Å². The van der Waals surface area contributed by atoms with Crippen LogP contribution < -0.4 is 5.32 Å². The van der Waals surface area contributed by atoms with Crippen LogP contribution in [0.25, 0.3) is 16.9 Å². The van der Waals surface area contributed by atoms with Crippen molar-refractivity contribution in [2.24, 2.45) is 0 Å². The summed E-state index contributed by atoms with van der Waals surface area (Å²) < 4.78 is 40.1. The number of pyridine rings is 1. The molecule has 0 aliphatic heterocycles. The number of benzene rings is 1. The quantitative estimate of drug-likeness (QED) is 0.322. The fourth-order valence-electron chi connectivity index (χ4n) is 2.82. The number of nitrogens with zero attached hydrogens (tertiary/aromatic N) is 3. The minimum Gasteiger partial charge on any atom is -0.321 e. The molecule has 4 aromatic rings. The Labute approximate surface area is 191 Å². The molecule has 3 heterocycles. The summed E-state index contributed by atoms with van der Waals surface area (Å²) >= 11 is 10.9. The van der Waals surface area contributed by atoms with Gasteiger partial charge in [-0.2, -0.15) is 18.3 Å². The Bertz CT molecular complexity index is 1270. The zero-order valence-corrected chi connectivity index (χ0v) is 18.5. The van der Waals surface area contributed by atoms with Crippen molar-refractivity contribution in [3.05, 3.63) is 80.3 Å². The van der Waals surface area contributed by atoms with E-state index >= 15 is 0 Å². The lowest BCUT2D eigenvalue weighted by atomic mass is 10.1. The van der Waals surface area contributed by atoms with E-state index in [1.54, 1.807) is 41.8 Å². The van der Waals surface area contributed by atoms with E-state index in [-0.39, 0.29) is 16.7 Å².